The summed E-state index contributed by atoms with van der Waals surface area (Å²) in [7, 11) is 1.77. The van der Waals surface area contributed by atoms with E-state index in [1.807, 2.05) is 0 Å². The van der Waals surface area contributed by atoms with E-state index in [1.165, 1.54) is 50.1 Å². The van der Waals surface area contributed by atoms with Crippen LogP contribution < -0.4 is 4.74 Å². The molecule has 0 amide bonds. The van der Waals surface area contributed by atoms with Crippen molar-refractivity contribution in [3.8, 4) is 28.0 Å². The van der Waals surface area contributed by atoms with Crippen LogP contribution in [0.15, 0.2) is 48.5 Å². The second-order valence-corrected chi connectivity index (χ2v) is 8.51. The van der Waals surface area contributed by atoms with E-state index >= 15 is 0 Å². The first kappa shape index (κ1) is 22.2. The Morgan fingerprint density at radius 2 is 1.53 bits per heavy atom. The van der Waals surface area contributed by atoms with Crippen LogP contribution in [0.25, 0.3) is 22.3 Å². The summed E-state index contributed by atoms with van der Waals surface area (Å²) in [6, 6.07) is 17.7. The van der Waals surface area contributed by atoms with E-state index in [4.69, 9.17) is 4.74 Å². The van der Waals surface area contributed by atoms with Crippen molar-refractivity contribution in [2.24, 2.45) is 0 Å². The lowest BCUT2D eigenvalue weighted by Gasteiger charge is -2.26. The Labute approximate surface area is 183 Å². The molecular formula is C29H36O. The second-order valence-electron chi connectivity index (χ2n) is 8.51. The molecule has 0 fully saturated rings. The molecule has 0 N–H and O–H groups in total. The SMILES string of the molecule is CCCc1cc(C(C)CC)c(-c2c(C)ccc(OC)c2C)c(C)c1-c1ccccc1. The molecule has 0 heterocycles. The number of hydrogen-bond donors (Lipinski definition) is 0. The van der Waals surface area contributed by atoms with E-state index in [1.54, 1.807) is 7.11 Å². The summed E-state index contributed by atoms with van der Waals surface area (Å²) in [6.07, 6.45) is 3.38. The fourth-order valence-corrected chi connectivity index (χ4v) is 4.76. The van der Waals surface area contributed by atoms with Gasteiger partial charge in [0.2, 0.25) is 0 Å². The Balaban J connectivity index is 2.45. The summed E-state index contributed by atoms with van der Waals surface area (Å²) in [5.41, 5.74) is 12.3. The van der Waals surface area contributed by atoms with Crippen molar-refractivity contribution in [2.45, 2.75) is 66.7 Å². The minimum atomic E-state index is 0.504. The third-order valence-corrected chi connectivity index (χ3v) is 6.51. The van der Waals surface area contributed by atoms with Gasteiger partial charge in [0.15, 0.2) is 0 Å². The summed E-state index contributed by atoms with van der Waals surface area (Å²) in [5, 5.41) is 0. The molecule has 1 heteroatoms. The maximum atomic E-state index is 5.71. The van der Waals surface area contributed by atoms with Gasteiger partial charge in [-0.05, 0) is 95.7 Å². The lowest BCUT2D eigenvalue weighted by Crippen LogP contribution is -2.06. The summed E-state index contributed by atoms with van der Waals surface area (Å²) >= 11 is 0. The van der Waals surface area contributed by atoms with Crippen LogP contribution in [0.2, 0.25) is 0 Å². The van der Waals surface area contributed by atoms with Crippen LogP contribution in [-0.2, 0) is 6.42 Å². The van der Waals surface area contributed by atoms with E-state index in [9.17, 15) is 0 Å². The smallest absolute Gasteiger partial charge is 0.122 e. The predicted molar refractivity (Wildman–Crippen MR) is 131 cm³/mol. The molecule has 0 bridgehead atoms. The standard InChI is InChI=1S/C29H36O/c1-8-13-24-18-25(19(3)9-2)29(22(6)28(24)23-14-11-10-12-15-23)27-20(4)16-17-26(30-7)21(27)5/h10-12,14-19H,8-9,13H2,1-7H3. The van der Waals surface area contributed by atoms with Crippen molar-refractivity contribution in [3.63, 3.8) is 0 Å². The number of methoxy groups -OCH3 is 1. The number of hydrogen-bond acceptors (Lipinski definition) is 1. The van der Waals surface area contributed by atoms with E-state index < -0.39 is 0 Å². The van der Waals surface area contributed by atoms with Crippen LogP contribution in [0.5, 0.6) is 5.75 Å². The molecule has 0 spiro atoms. The molecule has 0 aliphatic heterocycles. The summed E-state index contributed by atoms with van der Waals surface area (Å²) in [4.78, 5) is 0. The van der Waals surface area contributed by atoms with Gasteiger partial charge in [-0.1, -0.05) is 69.7 Å². The zero-order valence-electron chi connectivity index (χ0n) is 19.7. The molecule has 3 aromatic rings. The van der Waals surface area contributed by atoms with Gasteiger partial charge in [0.05, 0.1) is 7.11 Å². The number of ether oxygens (including phenoxy) is 1. The van der Waals surface area contributed by atoms with Crippen LogP contribution in [0, 0.1) is 20.8 Å². The monoisotopic (exact) mass is 400 g/mol. The number of benzene rings is 3. The van der Waals surface area contributed by atoms with E-state index in [0.717, 1.165) is 25.0 Å². The van der Waals surface area contributed by atoms with Gasteiger partial charge in [-0.25, -0.2) is 0 Å². The Kier molecular flexibility index (Phi) is 7.02. The molecule has 3 aromatic carbocycles. The topological polar surface area (TPSA) is 9.23 Å². The van der Waals surface area contributed by atoms with Gasteiger partial charge in [0.25, 0.3) is 0 Å². The highest BCUT2D eigenvalue weighted by atomic mass is 16.5. The van der Waals surface area contributed by atoms with Crippen LogP contribution in [0.4, 0.5) is 0 Å². The molecule has 1 unspecified atom stereocenters. The van der Waals surface area contributed by atoms with Gasteiger partial charge >= 0.3 is 0 Å². The first-order valence-electron chi connectivity index (χ1n) is 11.3. The van der Waals surface area contributed by atoms with Crippen molar-refractivity contribution >= 4 is 0 Å². The molecule has 0 aromatic heterocycles. The first-order valence-corrected chi connectivity index (χ1v) is 11.3. The normalized spacial score (nSPS) is 12.1. The maximum Gasteiger partial charge on any atom is 0.122 e. The maximum absolute atomic E-state index is 5.71. The molecule has 0 aliphatic rings. The fourth-order valence-electron chi connectivity index (χ4n) is 4.76. The lowest BCUT2D eigenvalue weighted by molar-refractivity contribution is 0.412. The van der Waals surface area contributed by atoms with Gasteiger partial charge in [-0.2, -0.15) is 0 Å². The second kappa shape index (κ2) is 9.51. The summed E-state index contributed by atoms with van der Waals surface area (Å²) < 4.78 is 5.71. The average Bonchev–Trinajstić information content (AvgIpc) is 2.75. The average molecular weight is 401 g/mol. The van der Waals surface area contributed by atoms with Crippen molar-refractivity contribution in [1.29, 1.82) is 0 Å². The van der Waals surface area contributed by atoms with Crippen molar-refractivity contribution in [1.82, 2.24) is 0 Å². The van der Waals surface area contributed by atoms with Gasteiger partial charge in [0.1, 0.15) is 5.75 Å². The molecule has 1 atom stereocenters. The number of rotatable bonds is 7. The first-order chi connectivity index (χ1) is 14.4. The molecule has 0 radical (unpaired) electrons. The van der Waals surface area contributed by atoms with Crippen molar-refractivity contribution in [2.75, 3.05) is 7.11 Å². The Morgan fingerprint density at radius 3 is 2.13 bits per heavy atom. The lowest BCUT2D eigenvalue weighted by atomic mass is 9.78. The molecule has 0 aliphatic carbocycles. The van der Waals surface area contributed by atoms with E-state index in [0.29, 0.717) is 5.92 Å². The highest BCUT2D eigenvalue weighted by molar-refractivity contribution is 5.86. The molecule has 1 nitrogen and oxygen atoms in total. The summed E-state index contributed by atoms with van der Waals surface area (Å²) in [5.74, 6) is 1.47. The van der Waals surface area contributed by atoms with Gasteiger partial charge in [0, 0.05) is 0 Å². The van der Waals surface area contributed by atoms with E-state index in [2.05, 4.69) is 90.1 Å². The third kappa shape index (κ3) is 4.03. The largest absolute Gasteiger partial charge is 0.496 e. The molecule has 3 rings (SSSR count). The zero-order chi connectivity index (χ0) is 21.8. The van der Waals surface area contributed by atoms with Crippen molar-refractivity contribution in [3.05, 3.63) is 76.3 Å². The molecular weight excluding hydrogens is 364 g/mol. The zero-order valence-corrected chi connectivity index (χ0v) is 19.7. The Morgan fingerprint density at radius 1 is 0.833 bits per heavy atom. The van der Waals surface area contributed by atoms with Gasteiger partial charge in [-0.3, -0.25) is 0 Å². The number of aryl methyl sites for hydroxylation is 2. The fraction of sp³-hybridized carbons (Fsp3) is 0.379. The Bertz CT molecular complexity index is 1010. The predicted octanol–water partition coefficient (Wildman–Crippen LogP) is 8.42. The molecule has 0 saturated heterocycles. The third-order valence-electron chi connectivity index (χ3n) is 6.51. The highest BCUT2D eigenvalue weighted by Crippen LogP contribution is 2.44. The van der Waals surface area contributed by atoms with Crippen LogP contribution in [0.3, 0.4) is 0 Å². The van der Waals surface area contributed by atoms with Crippen LogP contribution in [-0.4, -0.2) is 7.11 Å². The quantitative estimate of drug-likeness (QED) is 0.387. The van der Waals surface area contributed by atoms with Crippen LogP contribution >= 0.6 is 0 Å². The van der Waals surface area contributed by atoms with E-state index in [-0.39, 0.29) is 0 Å². The minimum absolute atomic E-state index is 0.504. The summed E-state index contributed by atoms with van der Waals surface area (Å²) in [6.45, 7) is 13.7. The minimum Gasteiger partial charge on any atom is -0.496 e. The molecule has 30 heavy (non-hydrogen) atoms. The van der Waals surface area contributed by atoms with Gasteiger partial charge in [-0.15, -0.1) is 0 Å². The molecule has 158 valence electrons. The van der Waals surface area contributed by atoms with Crippen LogP contribution in [0.1, 0.15) is 67.3 Å². The highest BCUT2D eigenvalue weighted by Gasteiger charge is 2.23. The van der Waals surface area contributed by atoms with Crippen molar-refractivity contribution < 1.29 is 4.74 Å². The molecule has 0 saturated carbocycles. The van der Waals surface area contributed by atoms with Gasteiger partial charge < -0.3 is 4.74 Å². The Hall–Kier alpha value is -2.54.